The summed E-state index contributed by atoms with van der Waals surface area (Å²) in [5, 5.41) is 12.7. The summed E-state index contributed by atoms with van der Waals surface area (Å²) in [7, 11) is -2.33. The van der Waals surface area contributed by atoms with Gasteiger partial charge >= 0.3 is 0 Å². The molecule has 2 aromatic carbocycles. The molecule has 0 saturated carbocycles. The Morgan fingerprint density at radius 2 is 1.89 bits per heavy atom. The number of aromatic hydroxyl groups is 1. The standard InChI is InChI=1S/C18H16F2N4O2S/c19-11-3-4-14(16(25)7-11)23-18-17-13(20)8-12(9-15(17)21-10-22-18)24-27(26)5-1-2-6-27/h3-4,7-10,25H,1-2,5-6H2,(H,21,22,23). The summed E-state index contributed by atoms with van der Waals surface area (Å²) in [6, 6.07) is 6.19. The third-order valence-electron chi connectivity index (χ3n) is 4.34. The second-order valence-electron chi connectivity index (χ2n) is 6.31. The lowest BCUT2D eigenvalue weighted by Crippen LogP contribution is -2.00. The Morgan fingerprint density at radius 3 is 2.63 bits per heavy atom. The molecule has 27 heavy (non-hydrogen) atoms. The van der Waals surface area contributed by atoms with E-state index in [0.29, 0.717) is 11.5 Å². The molecule has 1 aromatic heterocycles. The van der Waals surface area contributed by atoms with E-state index in [0.717, 1.165) is 25.0 Å². The van der Waals surface area contributed by atoms with Crippen molar-refractivity contribution in [3.8, 4) is 5.75 Å². The number of hydrogen-bond acceptors (Lipinski definition) is 6. The molecule has 0 aliphatic carbocycles. The molecule has 0 spiro atoms. The molecular weight excluding hydrogens is 374 g/mol. The maximum atomic E-state index is 14.8. The van der Waals surface area contributed by atoms with Crippen LogP contribution in [0.1, 0.15) is 12.8 Å². The zero-order valence-corrected chi connectivity index (χ0v) is 15.0. The van der Waals surface area contributed by atoms with Crippen molar-refractivity contribution in [2.24, 2.45) is 4.36 Å². The third kappa shape index (κ3) is 3.55. The Hall–Kier alpha value is -2.81. The molecule has 0 unspecified atom stereocenters. The molecular formula is C18H16F2N4O2S. The van der Waals surface area contributed by atoms with Crippen molar-refractivity contribution in [3.63, 3.8) is 0 Å². The largest absolute Gasteiger partial charge is 0.506 e. The van der Waals surface area contributed by atoms with Gasteiger partial charge in [0.05, 0.1) is 32.0 Å². The van der Waals surface area contributed by atoms with Crippen LogP contribution in [0.25, 0.3) is 10.9 Å². The first-order valence-corrected chi connectivity index (χ1v) is 10.2. The van der Waals surface area contributed by atoms with Gasteiger partial charge in [-0.2, -0.15) is 4.36 Å². The maximum absolute atomic E-state index is 14.8. The van der Waals surface area contributed by atoms with Crippen molar-refractivity contribution in [2.75, 3.05) is 16.8 Å². The lowest BCUT2D eigenvalue weighted by atomic mass is 10.2. The van der Waals surface area contributed by atoms with Gasteiger partial charge in [0.15, 0.2) is 0 Å². The first kappa shape index (κ1) is 17.6. The molecule has 4 rings (SSSR count). The molecule has 140 valence electrons. The van der Waals surface area contributed by atoms with Crippen LogP contribution in [-0.4, -0.2) is 30.8 Å². The zero-order valence-electron chi connectivity index (χ0n) is 14.2. The van der Waals surface area contributed by atoms with Crippen LogP contribution in [-0.2, 0) is 9.73 Å². The Bertz CT molecular complexity index is 1150. The molecule has 0 radical (unpaired) electrons. The van der Waals surface area contributed by atoms with E-state index in [1.807, 2.05) is 0 Å². The number of halogens is 2. The van der Waals surface area contributed by atoms with Crippen molar-refractivity contribution in [2.45, 2.75) is 12.8 Å². The van der Waals surface area contributed by atoms with Crippen LogP contribution in [0.5, 0.6) is 5.75 Å². The molecule has 0 bridgehead atoms. The summed E-state index contributed by atoms with van der Waals surface area (Å²) in [5.74, 6) is -0.385. The lowest BCUT2D eigenvalue weighted by molar-refractivity contribution is 0.471. The van der Waals surface area contributed by atoms with Crippen molar-refractivity contribution >= 4 is 37.8 Å². The highest BCUT2D eigenvalue weighted by molar-refractivity contribution is 7.93. The van der Waals surface area contributed by atoms with Gasteiger partial charge in [-0.25, -0.2) is 23.0 Å². The van der Waals surface area contributed by atoms with E-state index in [9.17, 15) is 18.1 Å². The van der Waals surface area contributed by atoms with E-state index in [-0.39, 0.29) is 33.8 Å². The molecule has 0 amide bonds. The van der Waals surface area contributed by atoms with Gasteiger partial charge in [0.2, 0.25) is 0 Å². The molecule has 2 N–H and O–H groups in total. The molecule has 1 aliphatic heterocycles. The fraction of sp³-hybridized carbons (Fsp3) is 0.222. The normalized spacial score (nSPS) is 15.8. The van der Waals surface area contributed by atoms with Crippen LogP contribution in [0, 0.1) is 11.6 Å². The number of fused-ring (bicyclic) bond motifs is 1. The van der Waals surface area contributed by atoms with Crippen molar-refractivity contribution in [1.82, 2.24) is 9.97 Å². The number of phenolic OH excluding ortho intramolecular Hbond substituents is 1. The molecule has 6 nitrogen and oxygen atoms in total. The smallest absolute Gasteiger partial charge is 0.144 e. The van der Waals surface area contributed by atoms with E-state index in [2.05, 4.69) is 19.6 Å². The summed E-state index contributed by atoms with van der Waals surface area (Å²) in [6.07, 6.45) is 2.95. The molecule has 1 fully saturated rings. The first-order valence-electron chi connectivity index (χ1n) is 8.36. The average molecular weight is 390 g/mol. The van der Waals surface area contributed by atoms with Gasteiger partial charge in [0.1, 0.15) is 29.5 Å². The van der Waals surface area contributed by atoms with Crippen LogP contribution in [0.4, 0.5) is 26.0 Å². The number of nitrogens with zero attached hydrogens (tertiary/aromatic N) is 3. The van der Waals surface area contributed by atoms with E-state index in [4.69, 9.17) is 0 Å². The number of benzene rings is 2. The summed E-state index contributed by atoms with van der Waals surface area (Å²) in [5.41, 5.74) is 0.744. The second-order valence-corrected chi connectivity index (χ2v) is 8.85. The minimum Gasteiger partial charge on any atom is -0.506 e. The highest BCUT2D eigenvalue weighted by Crippen LogP contribution is 2.33. The average Bonchev–Trinajstić information content (AvgIpc) is 3.03. The van der Waals surface area contributed by atoms with Crippen LogP contribution in [0.2, 0.25) is 0 Å². The van der Waals surface area contributed by atoms with Gasteiger partial charge in [0.25, 0.3) is 0 Å². The Kier molecular flexibility index (Phi) is 4.39. The number of rotatable bonds is 3. The van der Waals surface area contributed by atoms with Crippen molar-refractivity contribution in [3.05, 3.63) is 48.3 Å². The topological polar surface area (TPSA) is 87.5 Å². The van der Waals surface area contributed by atoms with Gasteiger partial charge < -0.3 is 10.4 Å². The fourth-order valence-electron chi connectivity index (χ4n) is 3.05. The van der Waals surface area contributed by atoms with Gasteiger partial charge in [-0.05, 0) is 31.0 Å². The minimum absolute atomic E-state index is 0.0987. The highest BCUT2D eigenvalue weighted by Gasteiger charge is 2.18. The fourth-order valence-corrected chi connectivity index (χ4v) is 5.24. The van der Waals surface area contributed by atoms with E-state index in [1.54, 1.807) is 6.07 Å². The summed E-state index contributed by atoms with van der Waals surface area (Å²) in [6.45, 7) is 0. The SMILES string of the molecule is O=S1(=Nc2cc(F)c3c(Nc4ccc(F)cc4O)ncnc3c2)CCCC1. The molecule has 0 atom stereocenters. The van der Waals surface area contributed by atoms with Gasteiger partial charge in [-0.15, -0.1) is 0 Å². The molecule has 1 aliphatic rings. The summed E-state index contributed by atoms with van der Waals surface area (Å²) >= 11 is 0. The van der Waals surface area contributed by atoms with Crippen molar-refractivity contribution < 1.29 is 18.1 Å². The number of aromatic nitrogens is 2. The Balaban J connectivity index is 1.78. The molecule has 9 heteroatoms. The molecule has 3 aromatic rings. The quantitative estimate of drug-likeness (QED) is 0.653. The number of phenols is 1. The predicted molar refractivity (Wildman–Crippen MR) is 100 cm³/mol. The third-order valence-corrected chi connectivity index (χ3v) is 6.73. The van der Waals surface area contributed by atoms with Crippen LogP contribution in [0.3, 0.4) is 0 Å². The van der Waals surface area contributed by atoms with Gasteiger partial charge in [-0.3, -0.25) is 0 Å². The molecule has 1 saturated heterocycles. The van der Waals surface area contributed by atoms with E-state index < -0.39 is 21.4 Å². The van der Waals surface area contributed by atoms with Crippen molar-refractivity contribution in [1.29, 1.82) is 0 Å². The van der Waals surface area contributed by atoms with Gasteiger partial charge in [0, 0.05) is 23.6 Å². The van der Waals surface area contributed by atoms with E-state index >= 15 is 0 Å². The second kappa shape index (κ2) is 6.73. The maximum Gasteiger partial charge on any atom is 0.144 e. The lowest BCUT2D eigenvalue weighted by Gasteiger charge is -2.11. The minimum atomic E-state index is -2.33. The predicted octanol–water partition coefficient (Wildman–Crippen LogP) is 4.25. The zero-order chi connectivity index (χ0) is 19.0. The summed E-state index contributed by atoms with van der Waals surface area (Å²) in [4.78, 5) is 8.09. The monoisotopic (exact) mass is 390 g/mol. The van der Waals surface area contributed by atoms with Crippen LogP contribution in [0.15, 0.2) is 41.0 Å². The number of hydrogen-bond donors (Lipinski definition) is 2. The van der Waals surface area contributed by atoms with E-state index in [1.165, 1.54) is 18.5 Å². The Labute approximate surface area is 154 Å². The summed E-state index contributed by atoms with van der Waals surface area (Å²) < 4.78 is 44.8. The molecule has 2 heterocycles. The first-order chi connectivity index (χ1) is 12.9. The number of anilines is 2. The highest BCUT2D eigenvalue weighted by atomic mass is 32.2. The van der Waals surface area contributed by atoms with Gasteiger partial charge in [-0.1, -0.05) is 0 Å². The Morgan fingerprint density at radius 1 is 1.11 bits per heavy atom. The number of nitrogens with one attached hydrogen (secondary N) is 1. The van der Waals surface area contributed by atoms with Crippen LogP contribution < -0.4 is 5.32 Å². The van der Waals surface area contributed by atoms with Crippen LogP contribution >= 0.6 is 0 Å².